The monoisotopic (exact) mass is 350 g/mol. The summed E-state index contributed by atoms with van der Waals surface area (Å²) >= 11 is 0. The SMILES string of the molecule is CC1=C(C(N)=O)C(c2ccncc2)n2nc(-c3ccc(F)cc3)nc2N1. The molecule has 3 heterocycles. The molecule has 3 aromatic rings. The van der Waals surface area contributed by atoms with Gasteiger partial charge in [-0.05, 0) is 48.9 Å². The average Bonchev–Trinajstić information content (AvgIpc) is 3.05. The first-order chi connectivity index (χ1) is 12.5. The quantitative estimate of drug-likeness (QED) is 0.755. The molecule has 2 aromatic heterocycles. The van der Waals surface area contributed by atoms with E-state index in [1.807, 2.05) is 0 Å². The summed E-state index contributed by atoms with van der Waals surface area (Å²) in [6.45, 7) is 1.77. The number of hydrogen-bond donors (Lipinski definition) is 2. The van der Waals surface area contributed by atoms with Crippen LogP contribution in [0.1, 0.15) is 18.5 Å². The van der Waals surface area contributed by atoms with E-state index in [2.05, 4.69) is 20.4 Å². The van der Waals surface area contributed by atoms with Gasteiger partial charge in [-0.15, -0.1) is 5.10 Å². The number of halogens is 1. The number of primary amides is 1. The standard InChI is InChI=1S/C18H15FN6O/c1-10-14(16(20)26)15(11-6-8-21-9-7-11)25-18(22-10)23-17(24-25)12-2-4-13(19)5-3-12/h2-9,15H,1H3,(H2,20,26)(H,22,23,24). The molecule has 3 N–H and O–H groups in total. The number of rotatable bonds is 3. The molecule has 0 saturated heterocycles. The van der Waals surface area contributed by atoms with Gasteiger partial charge in [0.05, 0.1) is 5.57 Å². The molecule has 0 saturated carbocycles. The van der Waals surface area contributed by atoms with Crippen LogP contribution in [-0.2, 0) is 4.79 Å². The number of nitrogens with zero attached hydrogens (tertiary/aromatic N) is 4. The lowest BCUT2D eigenvalue weighted by Gasteiger charge is -2.27. The smallest absolute Gasteiger partial charge is 0.248 e. The molecule has 0 radical (unpaired) electrons. The van der Waals surface area contributed by atoms with Crippen molar-refractivity contribution in [3.05, 3.63) is 71.4 Å². The van der Waals surface area contributed by atoms with Gasteiger partial charge in [0.1, 0.15) is 11.9 Å². The molecule has 130 valence electrons. The molecule has 8 heteroatoms. The van der Waals surface area contributed by atoms with Gasteiger partial charge in [-0.2, -0.15) is 4.98 Å². The lowest BCUT2D eigenvalue weighted by Crippen LogP contribution is -2.31. The van der Waals surface area contributed by atoms with Crippen molar-refractivity contribution < 1.29 is 9.18 Å². The van der Waals surface area contributed by atoms with Gasteiger partial charge in [-0.1, -0.05) is 0 Å². The normalized spacial score (nSPS) is 16.2. The van der Waals surface area contributed by atoms with Gasteiger partial charge in [0.2, 0.25) is 11.9 Å². The Morgan fingerprint density at radius 2 is 1.88 bits per heavy atom. The molecule has 0 fully saturated rings. The second-order valence-corrected chi connectivity index (χ2v) is 5.92. The molecule has 0 aliphatic carbocycles. The van der Waals surface area contributed by atoms with Gasteiger partial charge in [0, 0.05) is 23.7 Å². The highest BCUT2D eigenvalue weighted by molar-refractivity contribution is 5.95. The fourth-order valence-electron chi connectivity index (χ4n) is 3.05. The Balaban J connectivity index is 1.87. The molecule has 7 nitrogen and oxygen atoms in total. The van der Waals surface area contributed by atoms with Crippen molar-refractivity contribution in [3.63, 3.8) is 0 Å². The van der Waals surface area contributed by atoms with Crippen molar-refractivity contribution in [1.82, 2.24) is 19.7 Å². The maximum Gasteiger partial charge on any atom is 0.248 e. The molecular weight excluding hydrogens is 335 g/mol. The summed E-state index contributed by atoms with van der Waals surface area (Å²) in [7, 11) is 0. The number of carbonyl (C=O) groups is 1. The Morgan fingerprint density at radius 1 is 1.19 bits per heavy atom. The van der Waals surface area contributed by atoms with Crippen LogP contribution >= 0.6 is 0 Å². The van der Waals surface area contributed by atoms with E-state index < -0.39 is 11.9 Å². The zero-order chi connectivity index (χ0) is 18.3. The highest BCUT2D eigenvalue weighted by Crippen LogP contribution is 2.35. The molecule has 1 atom stereocenters. The summed E-state index contributed by atoms with van der Waals surface area (Å²) in [6, 6.07) is 8.99. The Kier molecular flexibility index (Phi) is 3.72. The van der Waals surface area contributed by atoms with E-state index in [-0.39, 0.29) is 5.82 Å². The number of amides is 1. The number of aromatic nitrogens is 4. The predicted octanol–water partition coefficient (Wildman–Crippen LogP) is 2.25. The second kappa shape index (κ2) is 6.07. The third-order valence-electron chi connectivity index (χ3n) is 4.24. The van der Waals surface area contributed by atoms with Crippen molar-refractivity contribution in [1.29, 1.82) is 0 Å². The van der Waals surface area contributed by atoms with Crippen LogP contribution in [0.2, 0.25) is 0 Å². The van der Waals surface area contributed by atoms with Crippen LogP contribution in [0.5, 0.6) is 0 Å². The minimum atomic E-state index is -0.540. The Morgan fingerprint density at radius 3 is 2.54 bits per heavy atom. The molecule has 4 rings (SSSR count). The Labute approximate surface area is 148 Å². The Bertz CT molecular complexity index is 1010. The maximum atomic E-state index is 13.2. The molecule has 1 aliphatic rings. The van der Waals surface area contributed by atoms with Crippen LogP contribution in [0.4, 0.5) is 10.3 Å². The molecule has 0 spiro atoms. The number of anilines is 1. The van der Waals surface area contributed by atoms with Crippen molar-refractivity contribution in [3.8, 4) is 11.4 Å². The number of pyridine rings is 1. The first-order valence-corrected chi connectivity index (χ1v) is 7.94. The summed E-state index contributed by atoms with van der Waals surface area (Å²) in [4.78, 5) is 20.6. The fraction of sp³-hybridized carbons (Fsp3) is 0.111. The van der Waals surface area contributed by atoms with Gasteiger partial charge >= 0.3 is 0 Å². The zero-order valence-corrected chi connectivity index (χ0v) is 13.8. The number of allylic oxidation sites excluding steroid dienone is 1. The van der Waals surface area contributed by atoms with E-state index in [0.29, 0.717) is 28.6 Å². The summed E-state index contributed by atoms with van der Waals surface area (Å²) in [5.74, 6) is 0.0269. The van der Waals surface area contributed by atoms with Crippen LogP contribution in [0.15, 0.2) is 60.1 Å². The average molecular weight is 350 g/mol. The van der Waals surface area contributed by atoms with Crippen molar-refractivity contribution in [2.45, 2.75) is 13.0 Å². The van der Waals surface area contributed by atoms with E-state index in [4.69, 9.17) is 5.73 Å². The molecule has 0 bridgehead atoms. The third-order valence-corrected chi connectivity index (χ3v) is 4.24. The second-order valence-electron chi connectivity index (χ2n) is 5.92. The summed E-state index contributed by atoms with van der Waals surface area (Å²) < 4.78 is 14.8. The fourth-order valence-corrected chi connectivity index (χ4v) is 3.05. The van der Waals surface area contributed by atoms with Gasteiger partial charge < -0.3 is 11.1 Å². The van der Waals surface area contributed by atoms with Crippen molar-refractivity contribution >= 4 is 11.9 Å². The van der Waals surface area contributed by atoms with Crippen LogP contribution in [-0.4, -0.2) is 25.7 Å². The van der Waals surface area contributed by atoms with Crippen LogP contribution in [0.25, 0.3) is 11.4 Å². The molecule has 1 aliphatic heterocycles. The highest BCUT2D eigenvalue weighted by atomic mass is 19.1. The molecule has 1 amide bonds. The van der Waals surface area contributed by atoms with E-state index in [0.717, 1.165) is 5.56 Å². The molecule has 1 unspecified atom stereocenters. The number of nitrogens with two attached hydrogens (primary N) is 1. The topological polar surface area (TPSA) is 98.7 Å². The summed E-state index contributed by atoms with van der Waals surface area (Å²) in [6.07, 6.45) is 3.28. The van der Waals surface area contributed by atoms with Gasteiger partial charge in [-0.25, -0.2) is 9.07 Å². The minimum absolute atomic E-state index is 0.334. The molecular formula is C18H15FN6O. The van der Waals surface area contributed by atoms with Crippen LogP contribution in [0, 0.1) is 5.82 Å². The largest absolute Gasteiger partial charge is 0.366 e. The molecule has 26 heavy (non-hydrogen) atoms. The van der Waals surface area contributed by atoms with Gasteiger partial charge in [0.15, 0.2) is 5.82 Å². The number of nitrogens with one attached hydrogen (secondary N) is 1. The summed E-state index contributed by atoms with van der Waals surface area (Å²) in [5.41, 5.74) is 8.12. The lowest BCUT2D eigenvalue weighted by atomic mass is 9.96. The van der Waals surface area contributed by atoms with E-state index in [9.17, 15) is 9.18 Å². The number of benzene rings is 1. The zero-order valence-electron chi connectivity index (χ0n) is 13.8. The van der Waals surface area contributed by atoms with Crippen molar-refractivity contribution in [2.24, 2.45) is 5.73 Å². The third kappa shape index (κ3) is 2.61. The number of fused-ring (bicyclic) bond motifs is 1. The molecule has 1 aromatic carbocycles. The van der Waals surface area contributed by atoms with Gasteiger partial charge in [-0.3, -0.25) is 9.78 Å². The summed E-state index contributed by atoms with van der Waals surface area (Å²) in [5, 5.41) is 7.60. The van der Waals surface area contributed by atoms with Gasteiger partial charge in [0.25, 0.3) is 0 Å². The van der Waals surface area contributed by atoms with E-state index >= 15 is 0 Å². The van der Waals surface area contributed by atoms with Crippen LogP contribution < -0.4 is 11.1 Å². The number of hydrogen-bond acceptors (Lipinski definition) is 5. The maximum absolute atomic E-state index is 13.2. The number of carbonyl (C=O) groups excluding carboxylic acids is 1. The first-order valence-electron chi connectivity index (χ1n) is 7.94. The van der Waals surface area contributed by atoms with E-state index in [1.54, 1.807) is 48.3 Å². The Hall–Kier alpha value is -3.55. The lowest BCUT2D eigenvalue weighted by molar-refractivity contribution is -0.115. The minimum Gasteiger partial charge on any atom is -0.366 e. The first kappa shape index (κ1) is 15.9. The highest BCUT2D eigenvalue weighted by Gasteiger charge is 2.33. The predicted molar refractivity (Wildman–Crippen MR) is 93.3 cm³/mol. The van der Waals surface area contributed by atoms with Crippen LogP contribution in [0.3, 0.4) is 0 Å². The van der Waals surface area contributed by atoms with Crippen molar-refractivity contribution in [2.75, 3.05) is 5.32 Å². The van der Waals surface area contributed by atoms with E-state index in [1.165, 1.54) is 12.1 Å².